The molecule has 1 aromatic heterocycles. The van der Waals surface area contributed by atoms with E-state index in [1.165, 1.54) is 6.07 Å². The Bertz CT molecular complexity index is 709. The van der Waals surface area contributed by atoms with Crippen molar-refractivity contribution in [2.24, 2.45) is 0 Å². The molecule has 0 aliphatic rings. The van der Waals surface area contributed by atoms with E-state index >= 15 is 0 Å². The molecule has 0 saturated carbocycles. The summed E-state index contributed by atoms with van der Waals surface area (Å²) < 4.78 is 5.43. The second kappa shape index (κ2) is 5.53. The highest BCUT2D eigenvalue weighted by atomic mass is 16.6. The smallest absolute Gasteiger partial charge is 0.342 e. The number of carboxylic acid groups (broad SMARTS) is 1. The molecule has 1 heterocycles. The highest BCUT2D eigenvalue weighted by molar-refractivity contribution is 5.92. The molecule has 108 valence electrons. The first kappa shape index (κ1) is 14.4. The molecule has 0 fully saturated rings. The van der Waals surface area contributed by atoms with Gasteiger partial charge in [-0.15, -0.1) is 0 Å². The predicted octanol–water partition coefficient (Wildman–Crippen LogP) is 2.49. The van der Waals surface area contributed by atoms with E-state index in [1.807, 2.05) is 0 Å². The Morgan fingerprint density at radius 1 is 1.29 bits per heavy atom. The van der Waals surface area contributed by atoms with Crippen molar-refractivity contribution in [1.82, 2.24) is 9.97 Å². The number of rotatable bonds is 4. The fourth-order valence-electron chi connectivity index (χ4n) is 1.77. The highest BCUT2D eigenvalue weighted by Gasteiger charge is 2.20. The molecule has 8 heteroatoms. The van der Waals surface area contributed by atoms with Crippen LogP contribution in [0.3, 0.4) is 0 Å². The van der Waals surface area contributed by atoms with E-state index < -0.39 is 22.1 Å². The van der Waals surface area contributed by atoms with Crippen LogP contribution in [0, 0.1) is 24.0 Å². The summed E-state index contributed by atoms with van der Waals surface area (Å²) in [5.41, 5.74) is -0.247. The topological polar surface area (TPSA) is 115 Å². The number of ether oxygens (including phenoxy) is 1. The zero-order chi connectivity index (χ0) is 15.6. The summed E-state index contributed by atoms with van der Waals surface area (Å²) in [5, 5.41) is 19.8. The first-order chi connectivity index (χ1) is 9.86. The summed E-state index contributed by atoms with van der Waals surface area (Å²) >= 11 is 0. The van der Waals surface area contributed by atoms with Crippen LogP contribution in [0.1, 0.15) is 21.9 Å². The molecule has 0 amide bonds. The molecule has 0 aliphatic carbocycles. The fourth-order valence-corrected chi connectivity index (χ4v) is 1.77. The maximum atomic E-state index is 11.1. The van der Waals surface area contributed by atoms with Crippen LogP contribution in [-0.4, -0.2) is 26.0 Å². The Morgan fingerprint density at radius 3 is 2.57 bits per heavy atom. The molecule has 0 saturated heterocycles. The van der Waals surface area contributed by atoms with E-state index in [0.29, 0.717) is 11.5 Å². The number of carbonyl (C=O) groups is 1. The van der Waals surface area contributed by atoms with Gasteiger partial charge >= 0.3 is 5.97 Å². The van der Waals surface area contributed by atoms with E-state index in [0.717, 1.165) is 12.1 Å². The fraction of sp³-hybridized carbons (Fsp3) is 0.154. The third-order valence-corrected chi connectivity index (χ3v) is 2.56. The van der Waals surface area contributed by atoms with Crippen LogP contribution in [-0.2, 0) is 0 Å². The van der Waals surface area contributed by atoms with Gasteiger partial charge in [-0.25, -0.2) is 9.78 Å². The molecular formula is C13H11N3O5. The van der Waals surface area contributed by atoms with Gasteiger partial charge in [-0.2, -0.15) is 4.98 Å². The van der Waals surface area contributed by atoms with Gasteiger partial charge in [0.15, 0.2) is 0 Å². The van der Waals surface area contributed by atoms with Crippen molar-refractivity contribution >= 4 is 11.7 Å². The van der Waals surface area contributed by atoms with Gasteiger partial charge in [0.2, 0.25) is 5.88 Å². The number of hydrogen-bond donors (Lipinski definition) is 1. The van der Waals surface area contributed by atoms with Crippen LogP contribution in [0.4, 0.5) is 5.69 Å². The summed E-state index contributed by atoms with van der Waals surface area (Å²) in [6.07, 6.45) is 0. The van der Waals surface area contributed by atoms with Gasteiger partial charge in [0.25, 0.3) is 5.69 Å². The second-order valence-corrected chi connectivity index (χ2v) is 4.24. The van der Waals surface area contributed by atoms with Crippen molar-refractivity contribution in [3.63, 3.8) is 0 Å². The molecule has 2 aromatic rings. The Kier molecular flexibility index (Phi) is 3.79. The maximum absolute atomic E-state index is 11.1. The van der Waals surface area contributed by atoms with Crippen molar-refractivity contribution < 1.29 is 19.6 Å². The molecule has 0 spiro atoms. The van der Waals surface area contributed by atoms with E-state index in [1.54, 1.807) is 19.9 Å². The average Bonchev–Trinajstić information content (AvgIpc) is 2.36. The zero-order valence-corrected chi connectivity index (χ0v) is 11.2. The van der Waals surface area contributed by atoms with Crippen molar-refractivity contribution in [2.75, 3.05) is 0 Å². The average molecular weight is 289 g/mol. The van der Waals surface area contributed by atoms with Crippen molar-refractivity contribution in [2.45, 2.75) is 13.8 Å². The first-order valence-electron chi connectivity index (χ1n) is 5.88. The van der Waals surface area contributed by atoms with Crippen molar-refractivity contribution in [3.05, 3.63) is 51.5 Å². The molecule has 0 aliphatic heterocycles. The summed E-state index contributed by atoms with van der Waals surface area (Å²) in [6.45, 7) is 3.46. The standard InChI is InChI=1S/C13H11N3O5/c1-7-5-12(15-8(2)14-7)21-9-3-4-11(16(19)20)10(6-9)13(17)18/h3-6H,1-2H3,(H,17,18). The molecule has 21 heavy (non-hydrogen) atoms. The molecule has 0 unspecified atom stereocenters. The molecular weight excluding hydrogens is 278 g/mol. The number of benzene rings is 1. The summed E-state index contributed by atoms with van der Waals surface area (Å²) in [5.74, 6) is -0.506. The Balaban J connectivity index is 2.39. The minimum Gasteiger partial charge on any atom is -0.477 e. The summed E-state index contributed by atoms with van der Waals surface area (Å²) in [4.78, 5) is 29.2. The molecule has 1 aromatic carbocycles. The lowest BCUT2D eigenvalue weighted by atomic mass is 10.1. The maximum Gasteiger partial charge on any atom is 0.342 e. The Labute approximate surface area is 119 Å². The lowest BCUT2D eigenvalue weighted by Gasteiger charge is -2.07. The minimum atomic E-state index is -1.40. The van der Waals surface area contributed by atoms with Gasteiger partial charge in [0.1, 0.15) is 17.1 Å². The van der Waals surface area contributed by atoms with E-state index in [4.69, 9.17) is 9.84 Å². The Hall–Kier alpha value is -3.03. The van der Waals surface area contributed by atoms with E-state index in [2.05, 4.69) is 9.97 Å². The molecule has 0 radical (unpaired) electrons. The normalized spacial score (nSPS) is 10.2. The van der Waals surface area contributed by atoms with Gasteiger partial charge in [-0.3, -0.25) is 10.1 Å². The van der Waals surface area contributed by atoms with E-state index in [9.17, 15) is 14.9 Å². The Morgan fingerprint density at radius 2 is 2.00 bits per heavy atom. The van der Waals surface area contributed by atoms with Crippen molar-refractivity contribution in [3.8, 4) is 11.6 Å². The second-order valence-electron chi connectivity index (χ2n) is 4.24. The first-order valence-corrected chi connectivity index (χ1v) is 5.88. The number of aryl methyl sites for hydroxylation is 2. The van der Waals surface area contributed by atoms with Crippen LogP contribution in [0.5, 0.6) is 11.6 Å². The lowest BCUT2D eigenvalue weighted by Crippen LogP contribution is -2.03. The van der Waals surface area contributed by atoms with E-state index in [-0.39, 0.29) is 11.6 Å². The largest absolute Gasteiger partial charge is 0.477 e. The van der Waals surface area contributed by atoms with Crippen LogP contribution >= 0.6 is 0 Å². The third-order valence-electron chi connectivity index (χ3n) is 2.56. The molecule has 8 nitrogen and oxygen atoms in total. The number of carboxylic acids is 1. The molecule has 0 bridgehead atoms. The van der Waals surface area contributed by atoms with Crippen LogP contribution in [0.2, 0.25) is 0 Å². The lowest BCUT2D eigenvalue weighted by molar-refractivity contribution is -0.385. The quantitative estimate of drug-likeness (QED) is 0.678. The number of hydrogen-bond acceptors (Lipinski definition) is 6. The van der Waals surface area contributed by atoms with Gasteiger partial charge < -0.3 is 9.84 Å². The zero-order valence-electron chi connectivity index (χ0n) is 11.2. The van der Waals surface area contributed by atoms with Gasteiger partial charge in [-0.1, -0.05) is 0 Å². The van der Waals surface area contributed by atoms with Gasteiger partial charge in [0, 0.05) is 23.9 Å². The SMILES string of the molecule is Cc1cc(Oc2ccc([N+](=O)[O-])c(C(=O)O)c2)nc(C)n1. The molecule has 2 rings (SSSR count). The number of aromatic nitrogens is 2. The van der Waals surface area contributed by atoms with Gasteiger partial charge in [-0.05, 0) is 19.9 Å². The van der Waals surface area contributed by atoms with Crippen LogP contribution in [0.25, 0.3) is 0 Å². The summed E-state index contributed by atoms with van der Waals surface area (Å²) in [7, 11) is 0. The number of nitrogens with zero attached hydrogens (tertiary/aromatic N) is 3. The number of nitro groups is 1. The van der Waals surface area contributed by atoms with Gasteiger partial charge in [0.05, 0.1) is 4.92 Å². The molecule has 0 atom stereocenters. The van der Waals surface area contributed by atoms with Crippen LogP contribution < -0.4 is 4.74 Å². The predicted molar refractivity (Wildman–Crippen MR) is 71.6 cm³/mol. The summed E-state index contributed by atoms with van der Waals surface area (Å²) in [6, 6.07) is 5.07. The van der Waals surface area contributed by atoms with Crippen LogP contribution in [0.15, 0.2) is 24.3 Å². The number of aromatic carboxylic acids is 1. The molecule has 1 N–H and O–H groups in total. The monoisotopic (exact) mass is 289 g/mol. The minimum absolute atomic E-state index is 0.149. The third kappa shape index (κ3) is 3.30. The number of nitro benzene ring substituents is 1. The van der Waals surface area contributed by atoms with Crippen molar-refractivity contribution in [1.29, 1.82) is 0 Å². The highest BCUT2D eigenvalue weighted by Crippen LogP contribution is 2.27.